The number of carbonyl (C=O) groups excluding carboxylic acids is 1. The Morgan fingerprint density at radius 2 is 1.85 bits per heavy atom. The van der Waals surface area contributed by atoms with Gasteiger partial charge in [0, 0.05) is 44.7 Å². The number of aliphatic hydroxyl groups is 1. The van der Waals surface area contributed by atoms with E-state index in [9.17, 15) is 19.6 Å². The van der Waals surface area contributed by atoms with E-state index >= 15 is 4.39 Å². The van der Waals surface area contributed by atoms with Gasteiger partial charge in [0.15, 0.2) is 10.9 Å². The van der Waals surface area contributed by atoms with E-state index < -0.39 is 11.4 Å². The van der Waals surface area contributed by atoms with Crippen LogP contribution in [0.3, 0.4) is 0 Å². The van der Waals surface area contributed by atoms with Gasteiger partial charge in [-0.1, -0.05) is 11.3 Å². The third-order valence-electron chi connectivity index (χ3n) is 7.55. The zero-order chi connectivity index (χ0) is 29.1. The van der Waals surface area contributed by atoms with Crippen LogP contribution in [0.5, 0.6) is 0 Å². The SMILES string of the molecule is CN(c1nc(-c2ccc(F)cc2)c(C#N)s1)c1c(C2CC2)nn2cc(F)c(N3CCN(C(=O)C(C)(C)O)CC3)cc12. The maximum atomic E-state index is 15.4. The highest BCUT2D eigenvalue weighted by Gasteiger charge is 2.35. The summed E-state index contributed by atoms with van der Waals surface area (Å²) in [4.78, 5) is 23.1. The van der Waals surface area contributed by atoms with Gasteiger partial charge in [-0.2, -0.15) is 10.4 Å². The zero-order valence-corrected chi connectivity index (χ0v) is 23.8. The molecule has 3 aromatic heterocycles. The lowest BCUT2D eigenvalue weighted by molar-refractivity contribution is -0.148. The number of nitriles is 1. The largest absolute Gasteiger partial charge is 0.381 e. The van der Waals surface area contributed by atoms with Gasteiger partial charge in [0.25, 0.3) is 5.91 Å². The van der Waals surface area contributed by atoms with Crippen molar-refractivity contribution >= 4 is 39.3 Å². The molecule has 1 aromatic carbocycles. The number of hydrogen-bond donors (Lipinski definition) is 1. The Bertz CT molecular complexity index is 1670. The van der Waals surface area contributed by atoms with Crippen molar-refractivity contribution < 1.29 is 18.7 Å². The Balaban J connectivity index is 1.36. The van der Waals surface area contributed by atoms with Gasteiger partial charge in [-0.15, -0.1) is 0 Å². The zero-order valence-electron chi connectivity index (χ0n) is 22.9. The van der Waals surface area contributed by atoms with Crippen LogP contribution in [0, 0.1) is 23.0 Å². The van der Waals surface area contributed by atoms with Crippen LogP contribution in [0.1, 0.15) is 43.2 Å². The second-order valence-corrected chi connectivity index (χ2v) is 12.0. The summed E-state index contributed by atoms with van der Waals surface area (Å²) in [6, 6.07) is 9.88. The first-order valence-electron chi connectivity index (χ1n) is 13.4. The first-order valence-corrected chi connectivity index (χ1v) is 14.3. The van der Waals surface area contributed by atoms with Crippen molar-refractivity contribution in [3.8, 4) is 17.3 Å². The van der Waals surface area contributed by atoms with Crippen LogP contribution < -0.4 is 9.80 Å². The predicted octanol–water partition coefficient (Wildman–Crippen LogP) is 4.67. The molecule has 6 rings (SSSR count). The Morgan fingerprint density at radius 3 is 2.46 bits per heavy atom. The van der Waals surface area contributed by atoms with Crippen LogP contribution in [0.15, 0.2) is 36.5 Å². The summed E-state index contributed by atoms with van der Waals surface area (Å²) in [5, 5.41) is 25.3. The van der Waals surface area contributed by atoms with Gasteiger partial charge in [0.05, 0.1) is 28.8 Å². The van der Waals surface area contributed by atoms with Crippen molar-refractivity contribution in [2.75, 3.05) is 43.0 Å². The smallest absolute Gasteiger partial charge is 0.254 e. The molecular weight excluding hydrogens is 548 g/mol. The Hall–Kier alpha value is -4.08. The molecule has 41 heavy (non-hydrogen) atoms. The lowest BCUT2D eigenvalue weighted by atomic mass is 10.1. The highest BCUT2D eigenvalue weighted by molar-refractivity contribution is 7.16. The van der Waals surface area contributed by atoms with E-state index in [1.54, 1.807) is 27.6 Å². The summed E-state index contributed by atoms with van der Waals surface area (Å²) in [6.07, 6.45) is 3.35. The number of carbonyl (C=O) groups is 1. The molecule has 0 atom stereocenters. The monoisotopic (exact) mass is 577 g/mol. The van der Waals surface area contributed by atoms with Crippen LogP contribution in [0.25, 0.3) is 16.8 Å². The van der Waals surface area contributed by atoms with Crippen LogP contribution in [0.2, 0.25) is 0 Å². The van der Waals surface area contributed by atoms with Gasteiger partial charge in [0.2, 0.25) is 0 Å². The number of pyridine rings is 1. The van der Waals surface area contributed by atoms with Gasteiger partial charge in [0.1, 0.15) is 28.1 Å². The minimum atomic E-state index is -1.46. The average Bonchev–Trinajstić information content (AvgIpc) is 3.60. The van der Waals surface area contributed by atoms with E-state index in [2.05, 4.69) is 6.07 Å². The molecule has 4 heterocycles. The van der Waals surface area contributed by atoms with Gasteiger partial charge in [-0.05, 0) is 57.0 Å². The van der Waals surface area contributed by atoms with Gasteiger partial charge < -0.3 is 19.8 Å². The molecule has 2 fully saturated rings. The number of hydrogen-bond acceptors (Lipinski definition) is 8. The van der Waals surface area contributed by atoms with E-state index in [0.717, 1.165) is 24.2 Å². The maximum Gasteiger partial charge on any atom is 0.254 e. The number of thiazole rings is 1. The Kier molecular flexibility index (Phi) is 6.66. The molecule has 0 radical (unpaired) electrons. The normalized spacial score (nSPS) is 15.8. The molecule has 1 aliphatic carbocycles. The van der Waals surface area contributed by atoms with Crippen molar-refractivity contribution in [2.24, 2.45) is 0 Å². The second-order valence-electron chi connectivity index (χ2n) is 11.0. The minimum Gasteiger partial charge on any atom is -0.381 e. The second kappa shape index (κ2) is 10.1. The Morgan fingerprint density at radius 1 is 1.17 bits per heavy atom. The lowest BCUT2D eigenvalue weighted by Gasteiger charge is -2.38. The van der Waals surface area contributed by atoms with Crippen LogP contribution >= 0.6 is 11.3 Å². The maximum absolute atomic E-state index is 15.4. The molecule has 0 unspecified atom stereocenters. The number of rotatable bonds is 6. The Labute approximate surface area is 239 Å². The summed E-state index contributed by atoms with van der Waals surface area (Å²) >= 11 is 1.24. The van der Waals surface area contributed by atoms with Crippen molar-refractivity contribution in [1.29, 1.82) is 5.26 Å². The van der Waals surface area contributed by atoms with Gasteiger partial charge in [-0.3, -0.25) is 4.79 Å². The molecule has 12 heteroatoms. The molecule has 4 aromatic rings. The molecule has 1 N–H and O–H groups in total. The van der Waals surface area contributed by atoms with Gasteiger partial charge >= 0.3 is 0 Å². The summed E-state index contributed by atoms with van der Waals surface area (Å²) in [5.41, 5.74) is 2.43. The number of amides is 1. The number of nitrogens with zero attached hydrogens (tertiary/aromatic N) is 7. The summed E-state index contributed by atoms with van der Waals surface area (Å²) in [5.74, 6) is -0.878. The average molecular weight is 578 g/mol. The molecule has 9 nitrogen and oxygen atoms in total. The highest BCUT2D eigenvalue weighted by Crippen LogP contribution is 2.48. The molecule has 1 saturated heterocycles. The van der Waals surface area contributed by atoms with Crippen LogP contribution in [-0.4, -0.2) is 69.3 Å². The van der Waals surface area contributed by atoms with E-state index in [1.807, 2.05) is 16.8 Å². The summed E-state index contributed by atoms with van der Waals surface area (Å²) < 4.78 is 30.5. The number of aromatic nitrogens is 3. The topological polar surface area (TPSA) is 101 Å². The van der Waals surface area contributed by atoms with Gasteiger partial charge in [-0.25, -0.2) is 18.3 Å². The van der Waals surface area contributed by atoms with Crippen LogP contribution in [-0.2, 0) is 4.79 Å². The minimum absolute atomic E-state index is 0.252. The molecule has 2 aliphatic rings. The molecular formula is C29H29F2N7O2S. The molecule has 0 spiro atoms. The van der Waals surface area contributed by atoms with Crippen molar-refractivity contribution in [2.45, 2.75) is 38.2 Å². The van der Waals surface area contributed by atoms with Crippen molar-refractivity contribution in [1.82, 2.24) is 19.5 Å². The van der Waals surface area contributed by atoms with E-state index in [-0.39, 0.29) is 17.6 Å². The van der Waals surface area contributed by atoms with Crippen LogP contribution in [0.4, 0.5) is 25.3 Å². The number of piperazine rings is 1. The first-order chi connectivity index (χ1) is 19.5. The van der Waals surface area contributed by atoms with E-state index in [0.29, 0.717) is 58.6 Å². The number of fused-ring (bicyclic) bond motifs is 1. The standard InChI is InChI=1S/C29H29F2N7O2S/c1-29(2,40)27(39)37-12-10-36(11-13-37)21-14-22-26(25(18-4-5-18)34-38(22)16-20(21)31)35(3)28-33-24(23(15-32)41-28)17-6-8-19(30)9-7-17/h6-9,14,16,18,40H,4-5,10-13H2,1-3H3. The summed E-state index contributed by atoms with van der Waals surface area (Å²) in [7, 11) is 1.86. The highest BCUT2D eigenvalue weighted by atomic mass is 32.1. The molecule has 212 valence electrons. The lowest BCUT2D eigenvalue weighted by Crippen LogP contribution is -2.54. The third kappa shape index (κ3) is 5.00. The summed E-state index contributed by atoms with van der Waals surface area (Å²) in [6.45, 7) is 4.51. The number of halogens is 2. The molecule has 1 aliphatic heterocycles. The number of anilines is 3. The quantitative estimate of drug-likeness (QED) is 0.355. The fourth-order valence-corrected chi connectivity index (χ4v) is 6.10. The fraction of sp³-hybridized carbons (Fsp3) is 0.379. The van der Waals surface area contributed by atoms with E-state index in [1.165, 1.54) is 43.5 Å². The molecule has 1 amide bonds. The fourth-order valence-electron chi connectivity index (χ4n) is 5.24. The van der Waals surface area contributed by atoms with Crippen molar-refractivity contribution in [3.63, 3.8) is 0 Å². The predicted molar refractivity (Wildman–Crippen MR) is 153 cm³/mol. The van der Waals surface area contributed by atoms with E-state index in [4.69, 9.17) is 10.1 Å². The molecule has 0 bridgehead atoms. The number of benzene rings is 1. The molecule has 1 saturated carbocycles. The third-order valence-corrected chi connectivity index (χ3v) is 8.59. The first kappa shape index (κ1) is 27.1. The van der Waals surface area contributed by atoms with Crippen molar-refractivity contribution in [3.05, 3.63) is 58.7 Å².